The van der Waals surface area contributed by atoms with Crippen LogP contribution in [0.1, 0.15) is 0 Å². The molecule has 6 heteroatoms. The summed E-state index contributed by atoms with van der Waals surface area (Å²) < 4.78 is 7.54. The van der Waals surface area contributed by atoms with Gasteiger partial charge in [-0.15, -0.1) is 11.3 Å². The Morgan fingerprint density at radius 3 is 1.35 bits per heavy atom. The molecule has 0 saturated heterocycles. The van der Waals surface area contributed by atoms with Gasteiger partial charge in [0, 0.05) is 69.8 Å². The van der Waals surface area contributed by atoms with Crippen LogP contribution in [0.25, 0.3) is 120 Å². The van der Waals surface area contributed by atoms with E-state index < -0.39 is 0 Å². The third-order valence-electron chi connectivity index (χ3n) is 11.7. The molecule has 0 unspecified atom stereocenters. The molecular formula is C51H29N5S. The van der Waals surface area contributed by atoms with E-state index in [0.29, 0.717) is 17.5 Å². The first-order valence-electron chi connectivity index (χ1n) is 19.2. The maximum atomic E-state index is 5.01. The van der Waals surface area contributed by atoms with Crippen molar-refractivity contribution < 1.29 is 0 Å². The van der Waals surface area contributed by atoms with E-state index in [9.17, 15) is 0 Å². The molecule has 0 atom stereocenters. The summed E-state index contributed by atoms with van der Waals surface area (Å²) in [6, 6.07) is 62.8. The Bertz CT molecular complexity index is 3600. The van der Waals surface area contributed by atoms with E-state index in [2.05, 4.69) is 124 Å². The van der Waals surface area contributed by atoms with E-state index in [1.165, 1.54) is 74.6 Å². The van der Waals surface area contributed by atoms with Gasteiger partial charge in [0.2, 0.25) is 0 Å². The minimum absolute atomic E-state index is 0.643. The molecule has 13 rings (SSSR count). The van der Waals surface area contributed by atoms with Gasteiger partial charge in [-0.05, 0) is 83.6 Å². The number of hydrogen-bond acceptors (Lipinski definition) is 4. The molecule has 0 aliphatic heterocycles. The third kappa shape index (κ3) is 4.30. The molecule has 264 valence electrons. The standard InChI is InChI=1S/C51H29N5S/c1-4-12-30(13-5-1)49-52-50(31-14-6-2-7-15-31)54-51(53-49)32-22-24-34(25-23-32)56-39-27-26-38-45-43-35(18-10-20-37(43)55(38)33-16-8-3-9-17-33)36-19-11-21-41-44(36)48-42(57-41)29-28-40(56)47(48)46(39)45/h1-29H. The highest BCUT2D eigenvalue weighted by Crippen LogP contribution is 2.51. The Morgan fingerprint density at radius 1 is 0.298 bits per heavy atom. The van der Waals surface area contributed by atoms with Crippen molar-refractivity contribution in [2.45, 2.75) is 0 Å². The molecule has 9 aromatic carbocycles. The summed E-state index contributed by atoms with van der Waals surface area (Å²) in [6.45, 7) is 0. The van der Waals surface area contributed by atoms with E-state index >= 15 is 0 Å². The number of fused-ring (bicyclic) bond motifs is 1. The highest BCUT2D eigenvalue weighted by molar-refractivity contribution is 7.26. The monoisotopic (exact) mass is 743 g/mol. The average Bonchev–Trinajstić information content (AvgIpc) is 3.94. The summed E-state index contributed by atoms with van der Waals surface area (Å²) in [6.07, 6.45) is 0. The second-order valence-electron chi connectivity index (χ2n) is 14.8. The normalized spacial score (nSPS) is 12.2. The molecule has 4 heterocycles. The number of para-hydroxylation sites is 1. The number of aromatic nitrogens is 5. The van der Waals surface area contributed by atoms with Gasteiger partial charge in [-0.25, -0.2) is 15.0 Å². The van der Waals surface area contributed by atoms with E-state index in [1.807, 2.05) is 72.0 Å². The van der Waals surface area contributed by atoms with Gasteiger partial charge in [0.25, 0.3) is 0 Å². The van der Waals surface area contributed by atoms with Crippen LogP contribution in [0.15, 0.2) is 176 Å². The van der Waals surface area contributed by atoms with Gasteiger partial charge >= 0.3 is 0 Å². The van der Waals surface area contributed by atoms with Crippen molar-refractivity contribution in [3.63, 3.8) is 0 Å². The van der Waals surface area contributed by atoms with Crippen LogP contribution in [0.4, 0.5) is 0 Å². The van der Waals surface area contributed by atoms with Crippen molar-refractivity contribution in [3.05, 3.63) is 176 Å². The largest absolute Gasteiger partial charge is 0.309 e. The molecule has 0 N–H and O–H groups in total. The van der Waals surface area contributed by atoms with Crippen LogP contribution in [-0.4, -0.2) is 24.1 Å². The maximum absolute atomic E-state index is 5.01. The zero-order valence-electron chi connectivity index (χ0n) is 30.4. The molecule has 13 aromatic rings. The second-order valence-corrected chi connectivity index (χ2v) is 15.8. The molecule has 0 aliphatic rings. The summed E-state index contributed by atoms with van der Waals surface area (Å²) in [4.78, 5) is 14.9. The average molecular weight is 744 g/mol. The number of nitrogens with zero attached hydrogens (tertiary/aromatic N) is 5. The maximum Gasteiger partial charge on any atom is 0.164 e. The Balaban J connectivity index is 1.10. The highest BCUT2D eigenvalue weighted by Gasteiger charge is 2.26. The van der Waals surface area contributed by atoms with Crippen LogP contribution >= 0.6 is 11.3 Å². The molecule has 0 aliphatic carbocycles. The predicted octanol–water partition coefficient (Wildman–Crippen LogP) is 13.5. The molecule has 0 bridgehead atoms. The molecule has 57 heavy (non-hydrogen) atoms. The second kappa shape index (κ2) is 11.6. The first-order chi connectivity index (χ1) is 28.3. The van der Waals surface area contributed by atoms with Crippen LogP contribution in [0, 0.1) is 0 Å². The fraction of sp³-hybridized carbons (Fsp3) is 0. The smallest absolute Gasteiger partial charge is 0.164 e. The summed E-state index contributed by atoms with van der Waals surface area (Å²) >= 11 is 1.89. The third-order valence-corrected chi connectivity index (χ3v) is 12.8. The van der Waals surface area contributed by atoms with E-state index in [4.69, 9.17) is 15.0 Å². The van der Waals surface area contributed by atoms with Crippen LogP contribution < -0.4 is 0 Å². The van der Waals surface area contributed by atoms with E-state index in [-0.39, 0.29) is 0 Å². The lowest BCUT2D eigenvalue weighted by atomic mass is 9.95. The van der Waals surface area contributed by atoms with Gasteiger partial charge in [0.05, 0.1) is 22.1 Å². The molecule has 0 spiro atoms. The number of rotatable bonds is 5. The fourth-order valence-electron chi connectivity index (χ4n) is 9.33. The fourth-order valence-corrected chi connectivity index (χ4v) is 10.5. The Hall–Kier alpha value is -7.41. The van der Waals surface area contributed by atoms with Crippen LogP contribution in [0.3, 0.4) is 0 Å². The van der Waals surface area contributed by atoms with Gasteiger partial charge < -0.3 is 9.13 Å². The van der Waals surface area contributed by atoms with Crippen LogP contribution in [-0.2, 0) is 0 Å². The minimum Gasteiger partial charge on any atom is -0.309 e. The summed E-state index contributed by atoms with van der Waals surface area (Å²) in [5.41, 5.74) is 9.91. The zero-order valence-corrected chi connectivity index (χ0v) is 31.2. The number of hydrogen-bond donors (Lipinski definition) is 0. The van der Waals surface area contributed by atoms with Gasteiger partial charge in [-0.1, -0.05) is 103 Å². The lowest BCUT2D eigenvalue weighted by molar-refractivity contribution is 1.07. The summed E-state index contributed by atoms with van der Waals surface area (Å²) in [5.74, 6) is 1.95. The Labute approximate surface area is 330 Å². The topological polar surface area (TPSA) is 48.5 Å². The molecule has 4 aromatic heterocycles. The number of thiophene rings is 1. The minimum atomic E-state index is 0.643. The van der Waals surface area contributed by atoms with Gasteiger partial charge in [-0.3, -0.25) is 0 Å². The molecule has 0 fully saturated rings. The van der Waals surface area contributed by atoms with E-state index in [0.717, 1.165) is 28.1 Å². The Morgan fingerprint density at radius 2 is 0.737 bits per heavy atom. The van der Waals surface area contributed by atoms with E-state index in [1.54, 1.807) is 0 Å². The van der Waals surface area contributed by atoms with Gasteiger partial charge in [-0.2, -0.15) is 0 Å². The Kier molecular flexibility index (Phi) is 6.26. The molecule has 0 saturated carbocycles. The van der Waals surface area contributed by atoms with Crippen molar-refractivity contribution in [2.24, 2.45) is 0 Å². The zero-order chi connectivity index (χ0) is 37.2. The van der Waals surface area contributed by atoms with Gasteiger partial charge in [0.1, 0.15) is 0 Å². The first kappa shape index (κ1) is 30.9. The van der Waals surface area contributed by atoms with Crippen molar-refractivity contribution in [3.8, 4) is 45.5 Å². The number of benzene rings is 8. The van der Waals surface area contributed by atoms with Crippen molar-refractivity contribution in [1.82, 2.24) is 24.1 Å². The molecule has 5 nitrogen and oxygen atoms in total. The van der Waals surface area contributed by atoms with Crippen molar-refractivity contribution in [1.29, 1.82) is 0 Å². The summed E-state index contributed by atoms with van der Waals surface area (Å²) in [5, 5.41) is 10.5. The van der Waals surface area contributed by atoms with Crippen molar-refractivity contribution >= 4 is 85.9 Å². The van der Waals surface area contributed by atoms with Crippen LogP contribution in [0.5, 0.6) is 0 Å². The lowest BCUT2D eigenvalue weighted by Gasteiger charge is -2.11. The van der Waals surface area contributed by atoms with Crippen LogP contribution in [0.2, 0.25) is 0 Å². The highest BCUT2D eigenvalue weighted by atomic mass is 32.1. The SMILES string of the molecule is c1ccc(-c2nc(-c3ccccc3)nc(-c3ccc(-n4c5ccc6sc7cccc8c9cccc%10c9c9c(c5c6c78)c4ccc9n%10-c4ccccc4)cc3)n2)cc1. The first-order valence-corrected chi connectivity index (χ1v) is 20.0. The van der Waals surface area contributed by atoms with Gasteiger partial charge in [0.15, 0.2) is 17.5 Å². The predicted molar refractivity (Wildman–Crippen MR) is 238 cm³/mol. The van der Waals surface area contributed by atoms with Crippen molar-refractivity contribution in [2.75, 3.05) is 0 Å². The molecular weight excluding hydrogens is 715 g/mol. The lowest BCUT2D eigenvalue weighted by Crippen LogP contribution is -2.00. The summed E-state index contributed by atoms with van der Waals surface area (Å²) in [7, 11) is 0. The molecule has 0 amide bonds. The molecule has 0 radical (unpaired) electrons. The quantitative estimate of drug-likeness (QED) is 0.176.